The van der Waals surface area contributed by atoms with Gasteiger partial charge in [-0.1, -0.05) is 0 Å². The van der Waals surface area contributed by atoms with Gasteiger partial charge in [0.25, 0.3) is 0 Å². The van der Waals surface area contributed by atoms with Crippen molar-refractivity contribution in [3.8, 4) is 5.75 Å². The lowest BCUT2D eigenvalue weighted by Crippen LogP contribution is -2.17. The monoisotopic (exact) mass is 253 g/mol. The summed E-state index contributed by atoms with van der Waals surface area (Å²) >= 11 is 0. The van der Waals surface area contributed by atoms with Crippen LogP contribution in [0.2, 0.25) is 0 Å². The maximum Gasteiger partial charge on any atom is 0.573 e. The molecular weight excluding hydrogens is 247 g/mol. The van der Waals surface area contributed by atoms with Crippen molar-refractivity contribution in [2.24, 2.45) is 0 Å². The van der Waals surface area contributed by atoms with Crippen LogP contribution in [0.3, 0.4) is 0 Å². The normalized spacial score (nSPS) is 12.9. The van der Waals surface area contributed by atoms with Crippen molar-refractivity contribution in [1.82, 2.24) is 4.72 Å². The first-order chi connectivity index (χ1) is 7.42. The van der Waals surface area contributed by atoms with Crippen LogP contribution < -0.4 is 9.46 Å². The number of alkyl halides is 3. The summed E-state index contributed by atoms with van der Waals surface area (Å²) in [6.45, 7) is 0. The quantitative estimate of drug-likeness (QED) is 0.824. The van der Waals surface area contributed by atoms with Crippen LogP contribution in [0.4, 0.5) is 13.2 Å². The number of nitrogens with one attached hydrogen (secondary N) is 1. The van der Waals surface area contributed by atoms with Crippen molar-refractivity contribution in [3.05, 3.63) is 24.3 Å². The summed E-state index contributed by atoms with van der Waals surface area (Å²) in [4.78, 5) is 10.1. The average molecular weight is 253 g/mol. The van der Waals surface area contributed by atoms with Gasteiger partial charge in [0.15, 0.2) is 11.0 Å². The average Bonchev–Trinajstić information content (AvgIpc) is 2.16. The Morgan fingerprint density at radius 1 is 1.25 bits per heavy atom. The fourth-order valence-corrected chi connectivity index (χ4v) is 1.48. The van der Waals surface area contributed by atoms with Gasteiger partial charge in [-0.15, -0.1) is 13.2 Å². The minimum Gasteiger partial charge on any atom is -0.406 e. The van der Waals surface area contributed by atoms with E-state index in [4.69, 9.17) is 0 Å². The molecule has 1 N–H and O–H groups in total. The summed E-state index contributed by atoms with van der Waals surface area (Å²) in [6.07, 6.45) is -4.53. The summed E-state index contributed by atoms with van der Waals surface area (Å²) < 4.78 is 52.1. The third-order valence-electron chi connectivity index (χ3n) is 1.43. The number of rotatable bonds is 4. The first-order valence-electron chi connectivity index (χ1n) is 3.90. The molecule has 1 unspecified atom stereocenters. The minimum atomic E-state index is -4.76. The Labute approximate surface area is 91.0 Å². The zero-order chi connectivity index (χ0) is 12.2. The molecule has 1 atom stereocenters. The molecule has 0 spiro atoms. The zero-order valence-electron chi connectivity index (χ0n) is 7.65. The van der Waals surface area contributed by atoms with Crippen LogP contribution in [0.5, 0.6) is 5.75 Å². The first kappa shape index (κ1) is 12.5. The molecule has 1 aromatic carbocycles. The van der Waals surface area contributed by atoms with Crippen LogP contribution in [-0.4, -0.2) is 17.0 Å². The molecule has 0 saturated heterocycles. The van der Waals surface area contributed by atoms with E-state index < -0.39 is 23.1 Å². The predicted octanol–water partition coefficient (Wildman–Crippen LogP) is 1.35. The van der Waals surface area contributed by atoms with Crippen LogP contribution in [0.1, 0.15) is 0 Å². The molecule has 1 amide bonds. The Kier molecular flexibility index (Phi) is 3.88. The number of amides is 1. The van der Waals surface area contributed by atoms with Gasteiger partial charge in [0.05, 0.1) is 4.90 Å². The fourth-order valence-electron chi connectivity index (χ4n) is 0.877. The van der Waals surface area contributed by atoms with E-state index in [1.807, 2.05) is 4.72 Å². The molecular formula is C8H6F3NO3S. The van der Waals surface area contributed by atoms with Crippen LogP contribution in [-0.2, 0) is 15.8 Å². The number of hydrogen-bond acceptors (Lipinski definition) is 3. The van der Waals surface area contributed by atoms with E-state index in [0.717, 1.165) is 24.3 Å². The van der Waals surface area contributed by atoms with E-state index in [9.17, 15) is 22.2 Å². The summed E-state index contributed by atoms with van der Waals surface area (Å²) in [6, 6.07) is 4.34. The van der Waals surface area contributed by atoms with Crippen molar-refractivity contribution in [2.75, 3.05) is 0 Å². The molecule has 0 fully saturated rings. The zero-order valence-corrected chi connectivity index (χ0v) is 8.47. The summed E-state index contributed by atoms with van der Waals surface area (Å²) in [5.41, 5.74) is 0. The van der Waals surface area contributed by atoms with Crippen molar-refractivity contribution >= 4 is 17.4 Å². The molecule has 88 valence electrons. The van der Waals surface area contributed by atoms with Crippen molar-refractivity contribution < 1.29 is 26.9 Å². The Balaban J connectivity index is 2.75. The number of hydrogen-bond donors (Lipinski definition) is 1. The fraction of sp³-hybridized carbons (Fsp3) is 0.125. The maximum atomic E-state index is 11.8. The molecule has 0 heterocycles. The Hall–Kier alpha value is -1.57. The number of ether oxygens (including phenoxy) is 1. The lowest BCUT2D eigenvalue weighted by atomic mass is 10.3. The number of carbonyl (C=O) groups excluding carboxylic acids is 1. The highest BCUT2D eigenvalue weighted by molar-refractivity contribution is 7.83. The first-order valence-corrected chi connectivity index (χ1v) is 5.05. The molecule has 0 aromatic heterocycles. The highest BCUT2D eigenvalue weighted by atomic mass is 32.2. The molecule has 1 rings (SSSR count). The summed E-state index contributed by atoms with van der Waals surface area (Å²) in [5, 5.41) is 0. The largest absolute Gasteiger partial charge is 0.573 e. The Bertz CT molecular complexity index is 391. The lowest BCUT2D eigenvalue weighted by Gasteiger charge is -2.08. The third kappa shape index (κ3) is 3.89. The van der Waals surface area contributed by atoms with Gasteiger partial charge in [0.2, 0.25) is 6.41 Å². The van der Waals surface area contributed by atoms with Crippen molar-refractivity contribution in [3.63, 3.8) is 0 Å². The second-order valence-electron chi connectivity index (χ2n) is 2.52. The van der Waals surface area contributed by atoms with E-state index in [-0.39, 0.29) is 11.3 Å². The second kappa shape index (κ2) is 4.97. The number of carbonyl (C=O) groups is 1. The molecule has 1 aromatic rings. The SMILES string of the molecule is O=CNS(=O)c1ccc(OC(F)(F)F)cc1. The van der Waals surface area contributed by atoms with Crippen LogP contribution >= 0.6 is 0 Å². The molecule has 16 heavy (non-hydrogen) atoms. The van der Waals surface area contributed by atoms with Gasteiger partial charge in [-0.2, -0.15) is 0 Å². The van der Waals surface area contributed by atoms with Crippen molar-refractivity contribution in [1.29, 1.82) is 0 Å². The van der Waals surface area contributed by atoms with E-state index >= 15 is 0 Å². The molecule has 0 bridgehead atoms. The summed E-state index contributed by atoms with van der Waals surface area (Å²) in [7, 11) is -1.77. The lowest BCUT2D eigenvalue weighted by molar-refractivity contribution is -0.274. The highest BCUT2D eigenvalue weighted by Gasteiger charge is 2.30. The van der Waals surface area contributed by atoms with E-state index in [2.05, 4.69) is 4.74 Å². The third-order valence-corrected chi connectivity index (χ3v) is 2.44. The molecule has 8 heteroatoms. The number of halogens is 3. The van der Waals surface area contributed by atoms with Gasteiger partial charge in [-0.25, -0.2) is 4.21 Å². The maximum absolute atomic E-state index is 11.8. The molecule has 4 nitrogen and oxygen atoms in total. The molecule has 0 aliphatic rings. The molecule has 0 aliphatic heterocycles. The van der Waals surface area contributed by atoms with Gasteiger partial charge >= 0.3 is 6.36 Å². The minimum absolute atomic E-state index is 0.168. The number of benzene rings is 1. The Morgan fingerprint density at radius 3 is 2.25 bits per heavy atom. The second-order valence-corrected chi connectivity index (χ2v) is 3.77. The van der Waals surface area contributed by atoms with Crippen LogP contribution in [0.15, 0.2) is 29.2 Å². The van der Waals surface area contributed by atoms with Gasteiger partial charge in [-0.05, 0) is 24.3 Å². The van der Waals surface area contributed by atoms with E-state index in [1.165, 1.54) is 0 Å². The molecule has 0 radical (unpaired) electrons. The van der Waals surface area contributed by atoms with Gasteiger partial charge in [-0.3, -0.25) is 9.52 Å². The van der Waals surface area contributed by atoms with Crippen LogP contribution in [0, 0.1) is 0 Å². The van der Waals surface area contributed by atoms with Crippen LogP contribution in [0.25, 0.3) is 0 Å². The molecule has 0 saturated carbocycles. The molecule has 0 aliphatic carbocycles. The Morgan fingerprint density at radius 2 is 1.81 bits per heavy atom. The topological polar surface area (TPSA) is 55.4 Å². The smallest absolute Gasteiger partial charge is 0.406 e. The highest BCUT2D eigenvalue weighted by Crippen LogP contribution is 2.23. The van der Waals surface area contributed by atoms with Gasteiger partial charge < -0.3 is 4.74 Å². The van der Waals surface area contributed by atoms with E-state index in [1.54, 1.807) is 0 Å². The standard InChI is InChI=1S/C8H6F3NO3S/c9-8(10,11)15-6-1-3-7(4-2-6)16(14)12-5-13/h1-5H,(H,12,13). The van der Waals surface area contributed by atoms with E-state index in [0.29, 0.717) is 0 Å². The van der Waals surface area contributed by atoms with Gasteiger partial charge in [0, 0.05) is 0 Å². The van der Waals surface area contributed by atoms with Crippen molar-refractivity contribution in [2.45, 2.75) is 11.3 Å². The predicted molar refractivity (Wildman–Crippen MR) is 48.7 cm³/mol. The van der Waals surface area contributed by atoms with Gasteiger partial charge in [0.1, 0.15) is 5.75 Å². The summed E-state index contributed by atoms with van der Waals surface area (Å²) in [5.74, 6) is -0.417.